The van der Waals surface area contributed by atoms with Crippen LogP contribution in [0.3, 0.4) is 0 Å². The van der Waals surface area contributed by atoms with E-state index in [1.54, 1.807) is 0 Å². The van der Waals surface area contributed by atoms with Crippen LogP contribution in [0.2, 0.25) is 0 Å². The second kappa shape index (κ2) is 7.09. The van der Waals surface area contributed by atoms with Crippen molar-refractivity contribution in [2.24, 2.45) is 0 Å². The summed E-state index contributed by atoms with van der Waals surface area (Å²) >= 11 is 0. The summed E-state index contributed by atoms with van der Waals surface area (Å²) in [7, 11) is 0. The summed E-state index contributed by atoms with van der Waals surface area (Å²) < 4.78 is 0. The Morgan fingerprint density at radius 1 is 1.56 bits per heavy atom. The van der Waals surface area contributed by atoms with Gasteiger partial charge in [0.2, 0.25) is 0 Å². The van der Waals surface area contributed by atoms with E-state index in [1.165, 1.54) is 12.8 Å². The van der Waals surface area contributed by atoms with Gasteiger partial charge in [0, 0.05) is 18.6 Å². The molecular formula is C11H23ClN2O2. The standard InChI is InChI=1S/C11H22N2O2.ClH/c1-3-4-6-13-7-5-11(2,9-13)12-8-10(14)15;/h12H,3-9H2,1-2H3,(H,14,15);1H. The number of carboxylic acids is 1. The largest absolute Gasteiger partial charge is 0.480 e. The van der Waals surface area contributed by atoms with E-state index < -0.39 is 5.97 Å². The van der Waals surface area contributed by atoms with E-state index >= 15 is 0 Å². The molecule has 0 aromatic heterocycles. The number of likely N-dealkylation sites (tertiary alicyclic amines) is 1. The first-order valence-corrected chi connectivity index (χ1v) is 5.75. The SMILES string of the molecule is CCCCN1CCC(C)(NCC(=O)O)C1.Cl. The molecule has 1 rings (SSSR count). The van der Waals surface area contributed by atoms with E-state index in [0.29, 0.717) is 0 Å². The minimum absolute atomic E-state index is 0. The molecule has 4 nitrogen and oxygen atoms in total. The smallest absolute Gasteiger partial charge is 0.317 e. The molecule has 5 heteroatoms. The minimum atomic E-state index is -0.775. The summed E-state index contributed by atoms with van der Waals surface area (Å²) in [5, 5.41) is 11.7. The number of unbranched alkanes of at least 4 members (excludes halogenated alkanes) is 1. The van der Waals surface area contributed by atoms with Crippen LogP contribution in [-0.4, -0.2) is 47.7 Å². The molecule has 16 heavy (non-hydrogen) atoms. The van der Waals surface area contributed by atoms with Gasteiger partial charge in [-0.15, -0.1) is 12.4 Å². The third-order valence-electron chi connectivity index (χ3n) is 3.05. The van der Waals surface area contributed by atoms with Crippen molar-refractivity contribution in [3.05, 3.63) is 0 Å². The molecule has 0 aromatic carbocycles. The van der Waals surface area contributed by atoms with Crippen LogP contribution < -0.4 is 5.32 Å². The first-order valence-electron chi connectivity index (χ1n) is 5.75. The molecule has 1 atom stereocenters. The second-order valence-corrected chi connectivity index (χ2v) is 4.69. The van der Waals surface area contributed by atoms with E-state index in [9.17, 15) is 4.79 Å². The van der Waals surface area contributed by atoms with Crippen LogP contribution in [0.25, 0.3) is 0 Å². The fourth-order valence-electron chi connectivity index (χ4n) is 2.06. The normalized spacial score (nSPS) is 25.4. The average molecular weight is 251 g/mol. The fourth-order valence-corrected chi connectivity index (χ4v) is 2.06. The topological polar surface area (TPSA) is 52.6 Å². The lowest BCUT2D eigenvalue weighted by Gasteiger charge is -2.25. The molecule has 0 bridgehead atoms. The number of halogens is 1. The number of rotatable bonds is 6. The third-order valence-corrected chi connectivity index (χ3v) is 3.05. The third kappa shape index (κ3) is 5.14. The Hall–Kier alpha value is -0.320. The Kier molecular flexibility index (Phi) is 6.95. The Morgan fingerprint density at radius 3 is 2.81 bits per heavy atom. The molecule has 0 spiro atoms. The highest BCUT2D eigenvalue weighted by atomic mass is 35.5. The molecule has 1 unspecified atom stereocenters. The maximum atomic E-state index is 10.5. The molecule has 1 aliphatic rings. The van der Waals surface area contributed by atoms with Crippen molar-refractivity contribution >= 4 is 18.4 Å². The zero-order valence-electron chi connectivity index (χ0n) is 10.2. The molecule has 96 valence electrons. The number of hydrogen-bond acceptors (Lipinski definition) is 3. The quantitative estimate of drug-likeness (QED) is 0.747. The van der Waals surface area contributed by atoms with E-state index in [1.807, 2.05) is 0 Å². The van der Waals surface area contributed by atoms with Crippen molar-refractivity contribution in [1.29, 1.82) is 0 Å². The summed E-state index contributed by atoms with van der Waals surface area (Å²) in [6, 6.07) is 0. The van der Waals surface area contributed by atoms with E-state index in [2.05, 4.69) is 24.1 Å². The molecule has 1 heterocycles. The van der Waals surface area contributed by atoms with Gasteiger partial charge in [-0.25, -0.2) is 0 Å². The second-order valence-electron chi connectivity index (χ2n) is 4.69. The van der Waals surface area contributed by atoms with Crippen molar-refractivity contribution in [1.82, 2.24) is 10.2 Å². The van der Waals surface area contributed by atoms with Gasteiger partial charge in [0.25, 0.3) is 0 Å². The van der Waals surface area contributed by atoms with Crippen LogP contribution in [0.15, 0.2) is 0 Å². The van der Waals surface area contributed by atoms with Crippen molar-refractivity contribution in [2.75, 3.05) is 26.2 Å². The Labute approximate surface area is 104 Å². The summed E-state index contributed by atoms with van der Waals surface area (Å²) in [4.78, 5) is 12.9. The maximum Gasteiger partial charge on any atom is 0.317 e. The fraction of sp³-hybridized carbons (Fsp3) is 0.909. The predicted octanol–water partition coefficient (Wildman–Crippen LogP) is 1.35. The van der Waals surface area contributed by atoms with Crippen LogP contribution >= 0.6 is 12.4 Å². The number of nitrogens with zero attached hydrogens (tertiary/aromatic N) is 1. The van der Waals surface area contributed by atoms with Crippen LogP contribution in [0, 0.1) is 0 Å². The summed E-state index contributed by atoms with van der Waals surface area (Å²) in [5.41, 5.74) is -0.00781. The highest BCUT2D eigenvalue weighted by molar-refractivity contribution is 5.85. The summed E-state index contributed by atoms with van der Waals surface area (Å²) in [6.45, 7) is 7.57. The summed E-state index contributed by atoms with van der Waals surface area (Å²) in [6.07, 6.45) is 3.49. The Balaban J connectivity index is 0.00000225. The minimum Gasteiger partial charge on any atom is -0.480 e. The van der Waals surface area contributed by atoms with E-state index in [4.69, 9.17) is 5.11 Å². The monoisotopic (exact) mass is 250 g/mol. The predicted molar refractivity (Wildman–Crippen MR) is 67.3 cm³/mol. The van der Waals surface area contributed by atoms with Crippen molar-refractivity contribution < 1.29 is 9.90 Å². The first kappa shape index (κ1) is 15.7. The van der Waals surface area contributed by atoms with Crippen LogP contribution in [-0.2, 0) is 4.79 Å². The molecule has 2 N–H and O–H groups in total. The average Bonchev–Trinajstić information content (AvgIpc) is 2.55. The molecular weight excluding hydrogens is 228 g/mol. The van der Waals surface area contributed by atoms with Crippen molar-refractivity contribution in [2.45, 2.75) is 38.6 Å². The molecule has 0 amide bonds. The molecule has 0 aliphatic carbocycles. The maximum absolute atomic E-state index is 10.5. The molecule has 1 aliphatic heterocycles. The number of carboxylic acid groups (broad SMARTS) is 1. The van der Waals surface area contributed by atoms with Crippen LogP contribution in [0.5, 0.6) is 0 Å². The van der Waals surface area contributed by atoms with Crippen LogP contribution in [0.1, 0.15) is 33.1 Å². The van der Waals surface area contributed by atoms with Gasteiger partial charge < -0.3 is 15.3 Å². The van der Waals surface area contributed by atoms with Gasteiger partial charge in [-0.3, -0.25) is 4.79 Å². The Bertz CT molecular complexity index is 226. The molecule has 1 fully saturated rings. The zero-order valence-corrected chi connectivity index (χ0v) is 11.0. The highest BCUT2D eigenvalue weighted by Crippen LogP contribution is 2.20. The lowest BCUT2D eigenvalue weighted by molar-refractivity contribution is -0.136. The summed E-state index contributed by atoms with van der Waals surface area (Å²) in [5.74, 6) is -0.775. The van der Waals surface area contributed by atoms with Gasteiger partial charge in [0.05, 0.1) is 6.54 Å². The van der Waals surface area contributed by atoms with Gasteiger partial charge in [-0.1, -0.05) is 13.3 Å². The molecule has 1 saturated heterocycles. The molecule has 0 radical (unpaired) electrons. The van der Waals surface area contributed by atoms with Gasteiger partial charge >= 0.3 is 5.97 Å². The highest BCUT2D eigenvalue weighted by Gasteiger charge is 2.33. The number of aliphatic carboxylic acids is 1. The molecule has 0 aromatic rings. The lowest BCUT2D eigenvalue weighted by atomic mass is 10.0. The van der Waals surface area contributed by atoms with Gasteiger partial charge in [-0.2, -0.15) is 0 Å². The first-order chi connectivity index (χ1) is 7.06. The van der Waals surface area contributed by atoms with Crippen LogP contribution in [0.4, 0.5) is 0 Å². The Morgan fingerprint density at radius 2 is 2.25 bits per heavy atom. The molecule has 0 saturated carbocycles. The number of nitrogens with one attached hydrogen (secondary N) is 1. The van der Waals surface area contributed by atoms with Gasteiger partial charge in [-0.05, 0) is 26.3 Å². The zero-order chi connectivity index (χ0) is 11.3. The number of hydrogen-bond donors (Lipinski definition) is 2. The van der Waals surface area contributed by atoms with Crippen molar-refractivity contribution in [3.63, 3.8) is 0 Å². The lowest BCUT2D eigenvalue weighted by Crippen LogP contribution is -2.46. The van der Waals surface area contributed by atoms with E-state index in [-0.39, 0.29) is 24.5 Å². The number of carbonyl (C=O) groups is 1. The van der Waals surface area contributed by atoms with Gasteiger partial charge in [0.1, 0.15) is 0 Å². The van der Waals surface area contributed by atoms with E-state index in [0.717, 1.165) is 26.1 Å². The van der Waals surface area contributed by atoms with Crippen molar-refractivity contribution in [3.8, 4) is 0 Å². The van der Waals surface area contributed by atoms with Gasteiger partial charge in [0.15, 0.2) is 0 Å².